The number of hydrogen-bond donors (Lipinski definition) is 3. The average Bonchev–Trinajstić information content (AvgIpc) is 3.80. The Kier molecular flexibility index (Phi) is 10.9. The standard InChI is InChI=1S/C32H36N2O7/c1-2-39-31(37)29-28(41-29)27(35)25(19-18-22-12-6-3-7-13-22)33-30(36)26(20-23-14-8-4-9-15-23)34-32(38)40-21-24-16-10-5-11-17-24/h3-17,25-29,35H,2,18-21H2,1H3,(H,33,36)(H,34,38)/t25-,26-,27+,28-,29+/m0/s1. The first kappa shape index (κ1) is 29.8. The number of benzene rings is 3. The summed E-state index contributed by atoms with van der Waals surface area (Å²) in [5.74, 6) is -1.04. The molecular formula is C32H36N2O7. The van der Waals surface area contributed by atoms with Crippen LogP contribution < -0.4 is 10.6 Å². The fourth-order valence-corrected chi connectivity index (χ4v) is 4.57. The lowest BCUT2D eigenvalue weighted by atomic mass is 9.97. The van der Waals surface area contributed by atoms with Gasteiger partial charge in [0.05, 0.1) is 12.6 Å². The molecule has 0 spiro atoms. The van der Waals surface area contributed by atoms with Gasteiger partial charge in [-0.2, -0.15) is 0 Å². The number of aliphatic hydroxyl groups excluding tert-OH is 1. The van der Waals surface area contributed by atoms with E-state index in [4.69, 9.17) is 14.2 Å². The quantitative estimate of drug-likeness (QED) is 0.204. The normalized spacial score (nSPS) is 17.9. The summed E-state index contributed by atoms with van der Waals surface area (Å²) in [6, 6.07) is 26.5. The van der Waals surface area contributed by atoms with Crippen LogP contribution in [-0.4, -0.2) is 60.1 Å². The number of carbonyl (C=O) groups excluding carboxylic acids is 3. The van der Waals surface area contributed by atoms with Gasteiger partial charge >= 0.3 is 12.1 Å². The fourth-order valence-electron chi connectivity index (χ4n) is 4.57. The molecule has 1 aliphatic rings. The van der Waals surface area contributed by atoms with Crippen LogP contribution >= 0.6 is 0 Å². The van der Waals surface area contributed by atoms with Crippen LogP contribution in [0, 0.1) is 0 Å². The molecule has 5 atom stereocenters. The minimum atomic E-state index is -1.17. The third kappa shape index (κ3) is 9.16. The van der Waals surface area contributed by atoms with Crippen LogP contribution in [0.25, 0.3) is 0 Å². The molecule has 9 nitrogen and oxygen atoms in total. The minimum absolute atomic E-state index is 0.0546. The highest BCUT2D eigenvalue weighted by atomic mass is 16.6. The Labute approximate surface area is 239 Å². The van der Waals surface area contributed by atoms with E-state index in [1.807, 2.05) is 91.0 Å². The van der Waals surface area contributed by atoms with E-state index in [1.54, 1.807) is 6.92 Å². The van der Waals surface area contributed by atoms with Crippen molar-refractivity contribution < 1.29 is 33.7 Å². The molecule has 1 fully saturated rings. The zero-order chi connectivity index (χ0) is 29.0. The van der Waals surface area contributed by atoms with Crippen LogP contribution in [0.5, 0.6) is 0 Å². The molecule has 9 heteroatoms. The summed E-state index contributed by atoms with van der Waals surface area (Å²) in [4.78, 5) is 38.5. The predicted octanol–water partition coefficient (Wildman–Crippen LogP) is 3.33. The van der Waals surface area contributed by atoms with E-state index >= 15 is 0 Å². The Morgan fingerprint density at radius 2 is 1.41 bits per heavy atom. The van der Waals surface area contributed by atoms with Gasteiger partial charge in [-0.15, -0.1) is 0 Å². The van der Waals surface area contributed by atoms with Crippen LogP contribution in [-0.2, 0) is 43.2 Å². The zero-order valence-electron chi connectivity index (χ0n) is 23.0. The third-order valence-corrected chi connectivity index (χ3v) is 6.81. The Morgan fingerprint density at radius 1 is 0.829 bits per heavy atom. The smallest absolute Gasteiger partial charge is 0.408 e. The number of amides is 2. The molecular weight excluding hydrogens is 524 g/mol. The highest BCUT2D eigenvalue weighted by molar-refractivity contribution is 5.86. The van der Waals surface area contributed by atoms with Crippen LogP contribution in [0.3, 0.4) is 0 Å². The van der Waals surface area contributed by atoms with Gasteiger partial charge < -0.3 is 30.0 Å². The van der Waals surface area contributed by atoms with Gasteiger partial charge in [0.1, 0.15) is 24.9 Å². The molecule has 0 radical (unpaired) electrons. The molecule has 216 valence electrons. The molecule has 0 unspecified atom stereocenters. The van der Waals surface area contributed by atoms with Crippen molar-refractivity contribution in [2.24, 2.45) is 0 Å². The Morgan fingerprint density at radius 3 is 2.02 bits per heavy atom. The molecule has 1 aliphatic heterocycles. The van der Waals surface area contributed by atoms with E-state index < -0.39 is 48.4 Å². The molecule has 0 saturated carbocycles. The molecule has 0 aromatic heterocycles. The van der Waals surface area contributed by atoms with E-state index in [-0.39, 0.29) is 19.6 Å². The van der Waals surface area contributed by atoms with Crippen molar-refractivity contribution in [2.75, 3.05) is 6.61 Å². The molecule has 1 saturated heterocycles. The molecule has 0 bridgehead atoms. The van der Waals surface area contributed by atoms with Gasteiger partial charge in [-0.05, 0) is 36.5 Å². The first-order valence-electron chi connectivity index (χ1n) is 13.8. The van der Waals surface area contributed by atoms with E-state index in [0.717, 1.165) is 16.7 Å². The molecule has 3 aromatic carbocycles. The van der Waals surface area contributed by atoms with Gasteiger partial charge in [-0.1, -0.05) is 91.0 Å². The fraction of sp³-hybridized carbons (Fsp3) is 0.344. The second-order valence-corrected chi connectivity index (χ2v) is 9.85. The van der Waals surface area contributed by atoms with Gasteiger partial charge in [0.25, 0.3) is 0 Å². The number of carbonyl (C=O) groups is 3. The SMILES string of the molecule is CCOC(=O)[C@@H]1O[C@H]1[C@H](O)[C@H](CCc1ccccc1)NC(=O)[C@H](Cc1ccccc1)NC(=O)OCc1ccccc1. The molecule has 2 amide bonds. The molecule has 0 aliphatic carbocycles. The van der Waals surface area contributed by atoms with Gasteiger partial charge in [0, 0.05) is 6.42 Å². The summed E-state index contributed by atoms with van der Waals surface area (Å²) in [6.07, 6.45) is -2.43. The van der Waals surface area contributed by atoms with Gasteiger partial charge in [0.2, 0.25) is 5.91 Å². The maximum Gasteiger partial charge on any atom is 0.408 e. The number of ether oxygens (including phenoxy) is 3. The Balaban J connectivity index is 1.46. The van der Waals surface area contributed by atoms with E-state index in [1.165, 1.54) is 0 Å². The predicted molar refractivity (Wildman–Crippen MR) is 152 cm³/mol. The largest absolute Gasteiger partial charge is 0.464 e. The number of hydrogen-bond acceptors (Lipinski definition) is 7. The number of rotatable bonds is 14. The lowest BCUT2D eigenvalue weighted by Gasteiger charge is -2.26. The van der Waals surface area contributed by atoms with Crippen LogP contribution in [0.15, 0.2) is 91.0 Å². The Bertz CT molecular complexity index is 1260. The molecule has 4 rings (SSSR count). The second-order valence-electron chi connectivity index (χ2n) is 9.85. The number of aliphatic hydroxyl groups is 1. The summed E-state index contributed by atoms with van der Waals surface area (Å²) in [6.45, 7) is 1.95. The lowest BCUT2D eigenvalue weighted by molar-refractivity contribution is -0.144. The summed E-state index contributed by atoms with van der Waals surface area (Å²) in [5, 5.41) is 16.8. The summed E-state index contributed by atoms with van der Waals surface area (Å²) < 4.78 is 15.8. The van der Waals surface area contributed by atoms with E-state index in [9.17, 15) is 19.5 Å². The lowest BCUT2D eigenvalue weighted by Crippen LogP contribution is -2.54. The maximum atomic E-state index is 13.6. The van der Waals surface area contributed by atoms with Crippen molar-refractivity contribution in [3.05, 3.63) is 108 Å². The van der Waals surface area contributed by atoms with Crippen molar-refractivity contribution >= 4 is 18.0 Å². The number of nitrogens with one attached hydrogen (secondary N) is 2. The molecule has 1 heterocycles. The molecule has 3 N–H and O–H groups in total. The zero-order valence-corrected chi connectivity index (χ0v) is 23.0. The first-order valence-corrected chi connectivity index (χ1v) is 13.8. The average molecular weight is 561 g/mol. The van der Waals surface area contributed by atoms with Gasteiger partial charge in [-0.25, -0.2) is 9.59 Å². The number of aryl methyl sites for hydroxylation is 1. The molecule has 3 aromatic rings. The Hall–Kier alpha value is -4.21. The summed E-state index contributed by atoms with van der Waals surface area (Å²) in [7, 11) is 0. The monoisotopic (exact) mass is 560 g/mol. The van der Waals surface area contributed by atoms with Crippen molar-refractivity contribution in [3.8, 4) is 0 Å². The minimum Gasteiger partial charge on any atom is -0.464 e. The van der Waals surface area contributed by atoms with Crippen LogP contribution in [0.2, 0.25) is 0 Å². The van der Waals surface area contributed by atoms with Gasteiger partial charge in [0.15, 0.2) is 6.10 Å². The van der Waals surface area contributed by atoms with Crippen molar-refractivity contribution in [2.45, 2.75) is 63.2 Å². The van der Waals surface area contributed by atoms with Crippen molar-refractivity contribution in [1.29, 1.82) is 0 Å². The molecule has 41 heavy (non-hydrogen) atoms. The van der Waals surface area contributed by atoms with E-state index in [2.05, 4.69) is 10.6 Å². The number of alkyl carbamates (subject to hydrolysis) is 1. The topological polar surface area (TPSA) is 126 Å². The van der Waals surface area contributed by atoms with Crippen molar-refractivity contribution in [1.82, 2.24) is 10.6 Å². The first-order chi connectivity index (χ1) is 19.9. The number of epoxide rings is 1. The van der Waals surface area contributed by atoms with Crippen LogP contribution in [0.1, 0.15) is 30.0 Å². The third-order valence-electron chi connectivity index (χ3n) is 6.81. The second kappa shape index (κ2) is 15.0. The van der Waals surface area contributed by atoms with Gasteiger partial charge in [-0.3, -0.25) is 4.79 Å². The summed E-state index contributed by atoms with van der Waals surface area (Å²) >= 11 is 0. The van der Waals surface area contributed by atoms with Crippen molar-refractivity contribution in [3.63, 3.8) is 0 Å². The highest BCUT2D eigenvalue weighted by Crippen LogP contribution is 2.29. The summed E-state index contributed by atoms with van der Waals surface area (Å²) in [5.41, 5.74) is 2.68. The maximum absolute atomic E-state index is 13.6. The number of esters is 1. The van der Waals surface area contributed by atoms with E-state index in [0.29, 0.717) is 12.8 Å². The highest BCUT2D eigenvalue weighted by Gasteiger charge is 2.53. The van der Waals surface area contributed by atoms with Crippen LogP contribution in [0.4, 0.5) is 4.79 Å².